The normalized spacial score (nSPS) is 13.9. The van der Waals surface area contributed by atoms with Crippen molar-refractivity contribution in [1.29, 1.82) is 0 Å². The average Bonchev–Trinajstić information content (AvgIpc) is 3.40. The third-order valence-electron chi connectivity index (χ3n) is 7.45. The number of alkyl carbamates (subject to hydrolysis) is 1. The predicted molar refractivity (Wildman–Crippen MR) is 173 cm³/mol. The summed E-state index contributed by atoms with van der Waals surface area (Å²) in [4.78, 5) is 47.4. The number of hydrogen-bond acceptors (Lipinski definition) is 9. The van der Waals surface area contributed by atoms with Gasteiger partial charge >= 0.3 is 17.5 Å². The zero-order chi connectivity index (χ0) is 34.5. The third kappa shape index (κ3) is 7.18. The van der Waals surface area contributed by atoms with Crippen LogP contribution in [0.1, 0.15) is 45.0 Å². The molecule has 14 nitrogen and oxygen atoms in total. The lowest BCUT2D eigenvalue weighted by atomic mass is 10.2. The van der Waals surface area contributed by atoms with Crippen molar-refractivity contribution < 1.29 is 18.3 Å². The zero-order valence-corrected chi connectivity index (χ0v) is 27.7. The number of benzene rings is 2. The number of aryl methyl sites for hydroxylation is 1. The number of hydrogen-bond donors (Lipinski definition) is 2. The van der Waals surface area contributed by atoms with Crippen LogP contribution in [0.5, 0.6) is 0 Å². The quantitative estimate of drug-likeness (QED) is 0.213. The molecule has 252 valence electrons. The first kappa shape index (κ1) is 33.1. The fraction of sp³-hybridized carbons (Fsp3) is 0.367. The molecular weight excluding hydrogens is 673 g/mol. The maximum Gasteiger partial charge on any atom is 0.408 e. The molecule has 5 aromatic rings. The van der Waals surface area contributed by atoms with Crippen molar-refractivity contribution in [3.63, 3.8) is 0 Å². The van der Waals surface area contributed by atoms with Crippen LogP contribution >= 0.6 is 23.2 Å². The van der Waals surface area contributed by atoms with Gasteiger partial charge in [0.2, 0.25) is 5.95 Å². The Labute approximate surface area is 281 Å². The van der Waals surface area contributed by atoms with E-state index >= 15 is 0 Å². The highest BCUT2D eigenvalue weighted by Crippen LogP contribution is 2.38. The van der Waals surface area contributed by atoms with E-state index in [1.54, 1.807) is 50.8 Å². The van der Waals surface area contributed by atoms with Gasteiger partial charge in [-0.3, -0.25) is 13.9 Å². The number of carbonyl (C=O) groups excluding carboxylic acids is 1. The van der Waals surface area contributed by atoms with Crippen molar-refractivity contribution in [2.75, 3.05) is 5.32 Å². The second kappa shape index (κ2) is 12.3. The van der Waals surface area contributed by atoms with E-state index in [4.69, 9.17) is 27.9 Å². The summed E-state index contributed by atoms with van der Waals surface area (Å²) >= 11 is 12.5. The van der Waals surface area contributed by atoms with E-state index in [0.29, 0.717) is 17.4 Å². The zero-order valence-electron chi connectivity index (χ0n) is 26.2. The van der Waals surface area contributed by atoms with Crippen molar-refractivity contribution >= 4 is 51.8 Å². The second-order valence-electron chi connectivity index (χ2n) is 12.6. The molecule has 2 aromatic carbocycles. The van der Waals surface area contributed by atoms with Crippen LogP contribution in [-0.4, -0.2) is 55.9 Å². The number of carbonyl (C=O) groups is 1. The Morgan fingerprint density at radius 1 is 1.04 bits per heavy atom. The van der Waals surface area contributed by atoms with Gasteiger partial charge in [0.05, 0.1) is 46.4 Å². The number of halogens is 4. The van der Waals surface area contributed by atoms with Gasteiger partial charge < -0.3 is 15.4 Å². The van der Waals surface area contributed by atoms with Crippen LogP contribution in [0.15, 0.2) is 46.4 Å². The molecule has 0 spiro atoms. The van der Waals surface area contributed by atoms with Gasteiger partial charge in [0.15, 0.2) is 17.5 Å². The molecule has 18 heteroatoms. The van der Waals surface area contributed by atoms with E-state index in [1.807, 2.05) is 0 Å². The summed E-state index contributed by atoms with van der Waals surface area (Å²) in [6.45, 7) is 5.13. The van der Waals surface area contributed by atoms with Gasteiger partial charge in [0.25, 0.3) is 0 Å². The van der Waals surface area contributed by atoms with Gasteiger partial charge in [0, 0.05) is 18.6 Å². The Balaban J connectivity index is 1.33. The number of fused-ring (bicyclic) bond motifs is 1. The molecule has 48 heavy (non-hydrogen) atoms. The average molecular weight is 704 g/mol. The fourth-order valence-corrected chi connectivity index (χ4v) is 5.52. The van der Waals surface area contributed by atoms with E-state index in [1.165, 1.54) is 17.1 Å². The number of ether oxygens (including phenoxy) is 1. The highest BCUT2D eigenvalue weighted by molar-refractivity contribution is 6.34. The van der Waals surface area contributed by atoms with E-state index in [9.17, 15) is 23.2 Å². The largest absolute Gasteiger partial charge is 0.444 e. The third-order valence-corrected chi connectivity index (χ3v) is 8.04. The van der Waals surface area contributed by atoms with Gasteiger partial charge in [-0.2, -0.15) is 15.2 Å². The minimum atomic E-state index is -1.23. The lowest BCUT2D eigenvalue weighted by molar-refractivity contribution is 0.0489. The lowest BCUT2D eigenvalue weighted by Crippen LogP contribution is -2.43. The molecule has 0 atom stereocenters. The van der Waals surface area contributed by atoms with Crippen LogP contribution in [0.2, 0.25) is 10.0 Å². The summed E-state index contributed by atoms with van der Waals surface area (Å²) in [5.74, 6) is -2.48. The van der Waals surface area contributed by atoms with Gasteiger partial charge in [-0.15, -0.1) is 0 Å². The van der Waals surface area contributed by atoms with E-state index < -0.39 is 45.3 Å². The molecule has 3 heterocycles. The van der Waals surface area contributed by atoms with E-state index in [2.05, 4.69) is 30.8 Å². The van der Waals surface area contributed by atoms with E-state index in [-0.39, 0.29) is 41.1 Å². The maximum atomic E-state index is 14.3. The number of amides is 1. The summed E-state index contributed by atoms with van der Waals surface area (Å²) in [6, 6.07) is 5.33. The van der Waals surface area contributed by atoms with Gasteiger partial charge in [-0.05, 0) is 63.4 Å². The smallest absolute Gasteiger partial charge is 0.408 e. The number of nitrogens with zero attached hydrogens (tertiary/aromatic N) is 8. The first-order valence-corrected chi connectivity index (χ1v) is 15.5. The van der Waals surface area contributed by atoms with Crippen LogP contribution in [0.25, 0.3) is 10.9 Å². The molecule has 1 aliphatic rings. The van der Waals surface area contributed by atoms with Crippen molar-refractivity contribution in [2.24, 2.45) is 7.05 Å². The van der Waals surface area contributed by atoms with Gasteiger partial charge in [-0.1, -0.05) is 23.2 Å². The molecule has 0 radical (unpaired) electrons. The highest BCUT2D eigenvalue weighted by atomic mass is 35.5. The van der Waals surface area contributed by atoms with Gasteiger partial charge in [0.1, 0.15) is 11.9 Å². The second-order valence-corrected chi connectivity index (χ2v) is 13.4. The number of nitrogens with one attached hydrogen (secondary N) is 2. The highest BCUT2D eigenvalue weighted by Gasteiger charge is 2.45. The van der Waals surface area contributed by atoms with Crippen molar-refractivity contribution in [3.05, 3.63) is 90.8 Å². The molecule has 1 fully saturated rings. The number of aromatic nitrogens is 8. The summed E-state index contributed by atoms with van der Waals surface area (Å²) < 4.78 is 38.6. The standard InChI is InChI=1S/C30H30Cl2F2N10O4/c1-29(2,3)48-27(46)38-30(5-6-30)14-42-12-17-9-22(18(31)10-21(17)39-42)36-25-37-26(45)44(13-23-35-15-41(4)40-23)28(47)43(25)11-16-7-19(32)24(34)20(33)8-16/h7-10,12,15H,5-6,11,13-14H2,1-4H3,(H,38,46)(H,36,37,45). The van der Waals surface area contributed by atoms with Crippen molar-refractivity contribution in [1.82, 2.24) is 44.0 Å². The SMILES string of the molecule is Cn1cnc(Cn2c(=O)nc(Nc3cc4cn(CC5(NC(=O)OC(C)(C)C)CC5)nc4cc3Cl)n(Cc3cc(F)c(F)c(Cl)c3)c2=O)n1. The van der Waals surface area contributed by atoms with E-state index in [0.717, 1.165) is 28.0 Å². The molecule has 0 saturated heterocycles. The Bertz CT molecular complexity index is 2160. The van der Waals surface area contributed by atoms with Crippen molar-refractivity contribution in [2.45, 2.75) is 64.4 Å². The molecule has 0 unspecified atom stereocenters. The molecule has 1 saturated carbocycles. The minimum absolute atomic E-state index is 0.129. The van der Waals surface area contributed by atoms with Gasteiger partial charge in [-0.25, -0.2) is 32.7 Å². The predicted octanol–water partition coefficient (Wildman–Crippen LogP) is 4.37. The summed E-state index contributed by atoms with van der Waals surface area (Å²) in [7, 11) is 1.63. The Morgan fingerprint density at radius 3 is 2.44 bits per heavy atom. The molecule has 0 bridgehead atoms. The first-order valence-electron chi connectivity index (χ1n) is 14.7. The number of anilines is 2. The monoisotopic (exact) mass is 702 g/mol. The topological polar surface area (TPSA) is 156 Å². The van der Waals surface area contributed by atoms with Crippen LogP contribution in [0, 0.1) is 11.6 Å². The molecule has 3 aromatic heterocycles. The van der Waals surface area contributed by atoms with Crippen LogP contribution in [0.3, 0.4) is 0 Å². The molecule has 1 amide bonds. The summed E-state index contributed by atoms with van der Waals surface area (Å²) in [5, 5.41) is 15.0. The summed E-state index contributed by atoms with van der Waals surface area (Å²) in [6.07, 6.45) is 4.19. The number of rotatable bonds is 9. The van der Waals surface area contributed by atoms with Crippen LogP contribution < -0.4 is 22.0 Å². The molecule has 0 aliphatic heterocycles. The Hall–Kier alpha value is -4.83. The molecule has 1 aliphatic carbocycles. The molecule has 2 N–H and O–H groups in total. The Kier molecular flexibility index (Phi) is 8.49. The summed E-state index contributed by atoms with van der Waals surface area (Å²) in [5.41, 5.74) is -1.90. The Morgan fingerprint density at radius 2 is 1.79 bits per heavy atom. The maximum absolute atomic E-state index is 14.3. The van der Waals surface area contributed by atoms with Crippen LogP contribution in [-0.2, 0) is 31.4 Å². The lowest BCUT2D eigenvalue weighted by Gasteiger charge is -2.23. The minimum Gasteiger partial charge on any atom is -0.444 e. The molecular formula is C30H30Cl2F2N10O4. The van der Waals surface area contributed by atoms with Crippen molar-refractivity contribution in [3.8, 4) is 0 Å². The van der Waals surface area contributed by atoms with Crippen LogP contribution in [0.4, 0.5) is 25.2 Å². The fourth-order valence-electron chi connectivity index (χ4n) is 5.08. The molecule has 6 rings (SSSR count). The first-order chi connectivity index (χ1) is 22.6.